The molecule has 5 rings (SSSR count). The third-order valence-electron chi connectivity index (χ3n) is 7.51. The average molecular weight is 480 g/mol. The van der Waals surface area contributed by atoms with Crippen LogP contribution in [0, 0.1) is 5.95 Å². The van der Waals surface area contributed by atoms with Crippen LogP contribution < -0.4 is 15.9 Å². The molecule has 3 atom stereocenters. The molecule has 184 valence electrons. The Balaban J connectivity index is 1.37. The summed E-state index contributed by atoms with van der Waals surface area (Å²) < 4.78 is 14.8. The molecule has 2 bridgehead atoms. The van der Waals surface area contributed by atoms with Gasteiger partial charge in [0.2, 0.25) is 0 Å². The second-order valence-corrected chi connectivity index (χ2v) is 10.5. The molecule has 2 N–H and O–H groups in total. The van der Waals surface area contributed by atoms with Crippen molar-refractivity contribution in [2.45, 2.75) is 63.1 Å². The molecule has 2 aliphatic heterocycles. The van der Waals surface area contributed by atoms with Crippen LogP contribution in [0.3, 0.4) is 0 Å². The Bertz CT molecular complexity index is 1310. The van der Waals surface area contributed by atoms with Crippen LogP contribution in [0.1, 0.15) is 46.0 Å². The van der Waals surface area contributed by atoms with Crippen molar-refractivity contribution in [2.24, 2.45) is 7.05 Å². The second-order valence-electron chi connectivity index (χ2n) is 10.5. The number of rotatable bonds is 4. The summed E-state index contributed by atoms with van der Waals surface area (Å²) in [5.74, 6) is 0.133. The highest BCUT2D eigenvalue weighted by Crippen LogP contribution is 2.41. The minimum Gasteiger partial charge on any atom is -0.507 e. The summed E-state index contributed by atoms with van der Waals surface area (Å²) in [7, 11) is 3.34. The molecule has 2 aromatic heterocycles. The number of anilines is 1. The number of benzene rings is 1. The van der Waals surface area contributed by atoms with Gasteiger partial charge in [0.25, 0.3) is 0 Å². The minimum atomic E-state index is -0.712. The highest BCUT2D eigenvalue weighted by molar-refractivity contribution is 5.71. The zero-order valence-corrected chi connectivity index (χ0v) is 20.4. The summed E-state index contributed by atoms with van der Waals surface area (Å²) in [4.78, 5) is 22.3. The van der Waals surface area contributed by atoms with Gasteiger partial charge in [-0.05, 0) is 58.1 Å². The summed E-state index contributed by atoms with van der Waals surface area (Å²) in [6.07, 6.45) is 7.33. The molecule has 0 radical (unpaired) electrons. The van der Waals surface area contributed by atoms with E-state index in [9.17, 15) is 14.3 Å². The average Bonchev–Trinajstić information content (AvgIpc) is 2.80. The first-order chi connectivity index (χ1) is 16.6. The van der Waals surface area contributed by atoms with Gasteiger partial charge in [-0.25, -0.2) is 9.78 Å². The first-order valence-corrected chi connectivity index (χ1v) is 11.9. The van der Waals surface area contributed by atoms with Crippen LogP contribution in [0.4, 0.5) is 10.2 Å². The number of hydrogen-bond donors (Lipinski definition) is 2. The van der Waals surface area contributed by atoms with Crippen molar-refractivity contribution in [1.29, 1.82) is 0 Å². The third kappa shape index (κ3) is 4.38. The van der Waals surface area contributed by atoms with E-state index in [1.807, 2.05) is 7.05 Å². The summed E-state index contributed by atoms with van der Waals surface area (Å²) in [6, 6.07) is 6.13. The fraction of sp³-hybridized carbons (Fsp3) is 0.480. The fourth-order valence-electron chi connectivity index (χ4n) is 5.70. The van der Waals surface area contributed by atoms with E-state index in [0.717, 1.165) is 23.5 Å². The van der Waals surface area contributed by atoms with Gasteiger partial charge in [0.15, 0.2) is 17.6 Å². The van der Waals surface area contributed by atoms with Gasteiger partial charge >= 0.3 is 5.69 Å². The summed E-state index contributed by atoms with van der Waals surface area (Å²) in [5, 5.41) is 23.1. The van der Waals surface area contributed by atoms with Gasteiger partial charge in [0.1, 0.15) is 5.75 Å². The van der Waals surface area contributed by atoms with E-state index in [4.69, 9.17) is 0 Å². The van der Waals surface area contributed by atoms with Gasteiger partial charge in [-0.3, -0.25) is 4.57 Å². The quantitative estimate of drug-likeness (QED) is 0.550. The van der Waals surface area contributed by atoms with Crippen LogP contribution in [0.5, 0.6) is 5.75 Å². The Kier molecular flexibility index (Phi) is 5.58. The SMILES string of the molecule is CN(c1cnc(-c2ccc(-c3cc(F)n(C)c(=O)n3)cc2O)nn1)C1C[C@]2(C)CCC[C@](C)(C1)N2. The van der Waals surface area contributed by atoms with E-state index in [0.29, 0.717) is 23.0 Å². The normalized spacial score (nSPS) is 25.9. The number of nitrogens with zero attached hydrogens (tertiary/aromatic N) is 6. The van der Waals surface area contributed by atoms with Crippen LogP contribution in [0.25, 0.3) is 22.6 Å². The van der Waals surface area contributed by atoms with Gasteiger partial charge in [-0.2, -0.15) is 9.37 Å². The maximum absolute atomic E-state index is 13.9. The molecular formula is C25H30FN7O2. The van der Waals surface area contributed by atoms with Crippen LogP contribution >= 0.6 is 0 Å². The summed E-state index contributed by atoms with van der Waals surface area (Å²) in [6.45, 7) is 4.61. The van der Waals surface area contributed by atoms with Crippen molar-refractivity contribution in [3.63, 3.8) is 0 Å². The molecule has 0 spiro atoms. The Labute approximate surface area is 203 Å². The zero-order valence-electron chi connectivity index (χ0n) is 20.4. The summed E-state index contributed by atoms with van der Waals surface area (Å²) in [5.41, 5.74) is 0.467. The van der Waals surface area contributed by atoms with Gasteiger partial charge in [-0.1, -0.05) is 6.07 Å². The number of piperidine rings is 2. The molecule has 4 heterocycles. The topological polar surface area (TPSA) is 109 Å². The lowest BCUT2D eigenvalue weighted by Crippen LogP contribution is -2.66. The number of phenols is 1. The predicted molar refractivity (Wildman–Crippen MR) is 131 cm³/mol. The van der Waals surface area contributed by atoms with Gasteiger partial charge in [-0.15, -0.1) is 10.2 Å². The standard InChI is InChI=1S/C25H30FN7O2/c1-24-8-5-9-25(2,31-24)13-16(12-24)32(3)21-14-27-22(30-29-21)17-7-6-15(10-19(17)34)18-11-20(26)33(4)23(35)28-18/h6-7,10-11,14,16,31,34H,5,8-9,12-13H2,1-4H3/t16?,24-,25+. The number of phenolic OH excluding ortho intramolecular Hbond substituents is 1. The minimum absolute atomic E-state index is 0.111. The van der Waals surface area contributed by atoms with Crippen molar-refractivity contribution in [3.8, 4) is 28.4 Å². The second kappa shape index (κ2) is 8.37. The smallest absolute Gasteiger partial charge is 0.350 e. The molecule has 2 saturated heterocycles. The van der Waals surface area contributed by atoms with Gasteiger partial charge < -0.3 is 15.3 Å². The Morgan fingerprint density at radius 3 is 2.49 bits per heavy atom. The van der Waals surface area contributed by atoms with Crippen molar-refractivity contribution in [2.75, 3.05) is 11.9 Å². The Morgan fingerprint density at radius 2 is 1.89 bits per heavy atom. The molecule has 10 heteroatoms. The van der Waals surface area contributed by atoms with E-state index >= 15 is 0 Å². The lowest BCUT2D eigenvalue weighted by atomic mass is 9.69. The maximum Gasteiger partial charge on any atom is 0.350 e. The first kappa shape index (κ1) is 23.3. The molecular weight excluding hydrogens is 449 g/mol. The molecule has 9 nitrogen and oxygen atoms in total. The first-order valence-electron chi connectivity index (χ1n) is 11.9. The lowest BCUT2D eigenvalue weighted by Gasteiger charge is -2.55. The molecule has 1 unspecified atom stereocenters. The van der Waals surface area contributed by atoms with E-state index in [1.54, 1.807) is 18.3 Å². The molecule has 3 aromatic rings. The number of aromatic hydroxyl groups is 1. The highest BCUT2D eigenvalue weighted by Gasteiger charge is 2.46. The fourth-order valence-corrected chi connectivity index (χ4v) is 5.70. The predicted octanol–water partition coefficient (Wildman–Crippen LogP) is 3.03. The van der Waals surface area contributed by atoms with Crippen LogP contribution in [-0.4, -0.2) is 54.0 Å². The van der Waals surface area contributed by atoms with E-state index in [2.05, 4.69) is 44.2 Å². The molecule has 2 aliphatic rings. The van der Waals surface area contributed by atoms with E-state index in [-0.39, 0.29) is 28.3 Å². The van der Waals surface area contributed by atoms with Crippen molar-refractivity contribution in [3.05, 3.63) is 46.9 Å². The maximum atomic E-state index is 13.9. The van der Waals surface area contributed by atoms with Crippen LogP contribution in [-0.2, 0) is 7.05 Å². The van der Waals surface area contributed by atoms with Crippen LogP contribution in [0.15, 0.2) is 35.3 Å². The van der Waals surface area contributed by atoms with Gasteiger partial charge in [0, 0.05) is 42.8 Å². The van der Waals surface area contributed by atoms with Crippen LogP contribution in [0.2, 0.25) is 0 Å². The van der Waals surface area contributed by atoms with E-state index in [1.165, 1.54) is 32.4 Å². The highest BCUT2D eigenvalue weighted by atomic mass is 19.1. The monoisotopic (exact) mass is 479 g/mol. The molecule has 2 fully saturated rings. The summed E-state index contributed by atoms with van der Waals surface area (Å²) >= 11 is 0. The molecule has 0 saturated carbocycles. The number of hydrogen-bond acceptors (Lipinski definition) is 8. The van der Waals surface area contributed by atoms with Gasteiger partial charge in [0.05, 0.1) is 17.5 Å². The van der Waals surface area contributed by atoms with Crippen molar-refractivity contribution < 1.29 is 9.50 Å². The molecule has 1 aromatic carbocycles. The number of halogens is 1. The third-order valence-corrected chi connectivity index (χ3v) is 7.51. The van der Waals surface area contributed by atoms with Crippen molar-refractivity contribution >= 4 is 5.82 Å². The van der Waals surface area contributed by atoms with E-state index < -0.39 is 11.6 Å². The molecule has 35 heavy (non-hydrogen) atoms. The Morgan fingerprint density at radius 1 is 1.17 bits per heavy atom. The van der Waals surface area contributed by atoms with Crippen molar-refractivity contribution in [1.82, 2.24) is 30.0 Å². The zero-order chi connectivity index (χ0) is 25.0. The number of aromatic nitrogens is 5. The molecule has 0 amide bonds. The number of nitrogens with one attached hydrogen (secondary N) is 1. The Hall–Kier alpha value is -3.40. The lowest BCUT2D eigenvalue weighted by molar-refractivity contribution is 0.0784. The largest absolute Gasteiger partial charge is 0.507 e. The number of fused-ring (bicyclic) bond motifs is 2. The molecule has 0 aliphatic carbocycles.